The topological polar surface area (TPSA) is 129 Å². The smallest absolute Gasteiger partial charge is 0.270 e. The quantitative estimate of drug-likeness (QED) is 0.254. The van der Waals surface area contributed by atoms with Gasteiger partial charge in [-0.3, -0.25) is 23.9 Å². The van der Waals surface area contributed by atoms with Crippen molar-refractivity contribution >= 4 is 29.3 Å². The van der Waals surface area contributed by atoms with Crippen molar-refractivity contribution < 1.29 is 28.0 Å². The molecule has 1 aliphatic heterocycles. The number of halogens is 2. The van der Waals surface area contributed by atoms with Crippen LogP contribution in [0.3, 0.4) is 0 Å². The number of carbonyl (C=O) groups is 4. The number of hydrogen-bond acceptors (Lipinski definition) is 6. The average molecular weight is 666 g/mol. The number of nitrogens with zero attached hydrogens (tertiary/aromatic N) is 4. The molecule has 13 heteroatoms. The Morgan fingerprint density at radius 2 is 1.54 bits per heavy atom. The number of aromatic nitrogens is 2. The van der Waals surface area contributed by atoms with E-state index in [0.717, 1.165) is 0 Å². The molecule has 2 unspecified atom stereocenters. The summed E-state index contributed by atoms with van der Waals surface area (Å²) in [5.41, 5.74) is 1.22. The van der Waals surface area contributed by atoms with Crippen LogP contribution in [0.4, 0.5) is 14.5 Å². The maximum absolute atomic E-state index is 15.7. The maximum Gasteiger partial charge on any atom is 0.270 e. The summed E-state index contributed by atoms with van der Waals surface area (Å²) in [6, 6.07) is 9.41. The zero-order valence-electron chi connectivity index (χ0n) is 28.1. The number of rotatable bonds is 13. The van der Waals surface area contributed by atoms with Gasteiger partial charge in [-0.15, -0.1) is 0 Å². The lowest BCUT2D eigenvalue weighted by atomic mass is 9.88. The summed E-state index contributed by atoms with van der Waals surface area (Å²) < 4.78 is 31.0. The molecule has 4 amide bonds. The first kappa shape index (κ1) is 36.2. The molecular formula is C35H45F2N7O4. The Morgan fingerprint density at radius 1 is 0.875 bits per heavy atom. The minimum atomic E-state index is -1.15. The Labute approximate surface area is 280 Å². The number of carbonyl (C=O) groups excluding carboxylic acids is 4. The van der Waals surface area contributed by atoms with Crippen molar-refractivity contribution in [3.63, 3.8) is 0 Å². The van der Waals surface area contributed by atoms with Gasteiger partial charge in [-0.05, 0) is 61.9 Å². The first-order chi connectivity index (χ1) is 23.0. The molecule has 0 radical (unpaired) electrons. The minimum absolute atomic E-state index is 0.123. The lowest BCUT2D eigenvalue weighted by Crippen LogP contribution is -2.55. The van der Waals surface area contributed by atoms with Crippen molar-refractivity contribution in [2.24, 2.45) is 0 Å². The molecule has 1 aliphatic rings. The number of piperazine rings is 1. The average Bonchev–Trinajstić information content (AvgIpc) is 3.57. The van der Waals surface area contributed by atoms with E-state index in [1.807, 2.05) is 20.9 Å². The second-order valence-electron chi connectivity index (χ2n) is 12.1. The SMILES string of the molecule is CCC(=O)N[C@@H](C(=O)N1CCN(C)CC1)[C@@H](C)c1ccc(NC(=O)C(NC(=O)c2ccnn2CC)C(CC)c2ccc(F)cc2)c(F)c1. The fourth-order valence-electron chi connectivity index (χ4n) is 5.93. The van der Waals surface area contributed by atoms with Crippen LogP contribution in [-0.2, 0) is 20.9 Å². The molecule has 1 fully saturated rings. The van der Waals surface area contributed by atoms with Crippen LogP contribution in [0.2, 0.25) is 0 Å². The Kier molecular flexibility index (Phi) is 12.4. The zero-order valence-corrected chi connectivity index (χ0v) is 28.1. The summed E-state index contributed by atoms with van der Waals surface area (Å²) in [5, 5.41) is 12.4. The lowest BCUT2D eigenvalue weighted by molar-refractivity contribution is -0.138. The van der Waals surface area contributed by atoms with Crippen molar-refractivity contribution in [3.8, 4) is 0 Å². The van der Waals surface area contributed by atoms with Crippen LogP contribution >= 0.6 is 0 Å². The molecule has 3 aromatic rings. The number of aryl methyl sites for hydroxylation is 1. The zero-order chi connectivity index (χ0) is 35.0. The number of likely N-dealkylation sites (N-methyl/N-ethyl adjacent to an activating group) is 1. The second kappa shape index (κ2) is 16.4. The molecule has 3 N–H and O–H groups in total. The van der Waals surface area contributed by atoms with E-state index in [2.05, 4.69) is 25.9 Å². The van der Waals surface area contributed by atoms with Gasteiger partial charge >= 0.3 is 0 Å². The van der Waals surface area contributed by atoms with Crippen LogP contribution < -0.4 is 16.0 Å². The number of anilines is 1. The lowest BCUT2D eigenvalue weighted by Gasteiger charge is -2.36. The molecule has 11 nitrogen and oxygen atoms in total. The first-order valence-electron chi connectivity index (χ1n) is 16.4. The van der Waals surface area contributed by atoms with Gasteiger partial charge < -0.3 is 25.8 Å². The van der Waals surface area contributed by atoms with E-state index in [0.29, 0.717) is 50.3 Å². The normalized spacial score (nSPS) is 16.0. The third-order valence-corrected chi connectivity index (χ3v) is 8.95. The second-order valence-corrected chi connectivity index (χ2v) is 12.1. The van der Waals surface area contributed by atoms with Gasteiger partial charge in [-0.1, -0.05) is 39.0 Å². The third-order valence-electron chi connectivity index (χ3n) is 8.95. The molecule has 1 saturated heterocycles. The standard InChI is InChI=1S/C35H45F2N7O4/c1-6-26(23-9-12-25(36)13-10-23)32(41-33(46)29-15-16-38-44(29)8-3)34(47)39-28-14-11-24(21-27(28)37)22(4)31(40-30(45)7-2)35(48)43-19-17-42(5)18-20-43/h9-16,21-22,26,31-32H,6-8,17-20H2,1-5H3,(H,39,47)(H,40,45)(H,41,46)/t22-,26?,31+,32?/m0/s1. The van der Waals surface area contributed by atoms with Crippen LogP contribution in [0.1, 0.15) is 74.0 Å². The predicted octanol–water partition coefficient (Wildman–Crippen LogP) is 3.88. The fourth-order valence-corrected chi connectivity index (χ4v) is 5.93. The number of nitrogens with one attached hydrogen (secondary N) is 3. The third kappa shape index (κ3) is 8.62. The van der Waals surface area contributed by atoms with Gasteiger partial charge in [0.05, 0.1) is 5.69 Å². The highest BCUT2D eigenvalue weighted by atomic mass is 19.1. The molecule has 1 aromatic heterocycles. The van der Waals surface area contributed by atoms with Gasteiger partial charge in [0, 0.05) is 57.2 Å². The van der Waals surface area contributed by atoms with E-state index < -0.39 is 47.4 Å². The van der Waals surface area contributed by atoms with Crippen LogP contribution in [0.15, 0.2) is 54.7 Å². The summed E-state index contributed by atoms with van der Waals surface area (Å²) in [7, 11) is 1.98. The monoisotopic (exact) mass is 665 g/mol. The maximum atomic E-state index is 15.7. The van der Waals surface area contributed by atoms with E-state index in [-0.39, 0.29) is 29.6 Å². The Balaban J connectivity index is 1.59. The first-order valence-corrected chi connectivity index (χ1v) is 16.4. The van der Waals surface area contributed by atoms with Crippen molar-refractivity contribution in [2.45, 2.75) is 71.0 Å². The molecule has 258 valence electrons. The van der Waals surface area contributed by atoms with E-state index in [1.54, 1.807) is 36.9 Å². The number of amides is 4. The van der Waals surface area contributed by atoms with Gasteiger partial charge in [0.1, 0.15) is 29.4 Å². The van der Waals surface area contributed by atoms with Gasteiger partial charge in [0.25, 0.3) is 5.91 Å². The van der Waals surface area contributed by atoms with Crippen LogP contribution in [0.25, 0.3) is 0 Å². The summed E-state index contributed by atoms with van der Waals surface area (Å²) >= 11 is 0. The molecule has 2 aromatic carbocycles. The van der Waals surface area contributed by atoms with Crippen molar-refractivity contribution in [1.82, 2.24) is 30.2 Å². The van der Waals surface area contributed by atoms with Gasteiger partial charge in [0.15, 0.2) is 0 Å². The van der Waals surface area contributed by atoms with E-state index >= 15 is 4.39 Å². The summed E-state index contributed by atoms with van der Waals surface area (Å²) in [5.74, 6) is -4.06. The molecule has 0 saturated carbocycles. The van der Waals surface area contributed by atoms with E-state index in [9.17, 15) is 23.6 Å². The molecule has 4 atom stereocenters. The molecular weight excluding hydrogens is 620 g/mol. The van der Waals surface area contributed by atoms with E-state index in [4.69, 9.17) is 0 Å². The predicted molar refractivity (Wildman–Crippen MR) is 178 cm³/mol. The molecule has 0 spiro atoms. The van der Waals surface area contributed by atoms with Crippen molar-refractivity contribution in [2.75, 3.05) is 38.5 Å². The van der Waals surface area contributed by atoms with E-state index in [1.165, 1.54) is 41.2 Å². The summed E-state index contributed by atoms with van der Waals surface area (Å²) in [4.78, 5) is 57.0. The Bertz CT molecular complexity index is 1590. The van der Waals surface area contributed by atoms with Crippen molar-refractivity contribution in [3.05, 3.63) is 83.2 Å². The summed E-state index contributed by atoms with van der Waals surface area (Å²) in [6.07, 6.45) is 2.08. The van der Waals surface area contributed by atoms with Crippen LogP contribution in [-0.4, -0.2) is 88.5 Å². The molecule has 0 bridgehead atoms. The summed E-state index contributed by atoms with van der Waals surface area (Å²) in [6.45, 7) is 10.0. The highest BCUT2D eigenvalue weighted by Crippen LogP contribution is 2.28. The van der Waals surface area contributed by atoms with Crippen LogP contribution in [0.5, 0.6) is 0 Å². The molecule has 2 heterocycles. The number of benzene rings is 2. The van der Waals surface area contributed by atoms with Gasteiger partial charge in [-0.2, -0.15) is 5.10 Å². The van der Waals surface area contributed by atoms with Gasteiger partial charge in [0.2, 0.25) is 17.7 Å². The molecule has 4 rings (SSSR count). The van der Waals surface area contributed by atoms with Crippen molar-refractivity contribution in [1.29, 1.82) is 0 Å². The fraction of sp³-hybridized carbons (Fsp3) is 0.457. The molecule has 48 heavy (non-hydrogen) atoms. The Morgan fingerprint density at radius 3 is 2.15 bits per heavy atom. The van der Waals surface area contributed by atoms with Crippen LogP contribution in [0, 0.1) is 11.6 Å². The van der Waals surface area contributed by atoms with Gasteiger partial charge in [-0.25, -0.2) is 8.78 Å². The number of hydrogen-bond donors (Lipinski definition) is 3. The highest BCUT2D eigenvalue weighted by molar-refractivity contribution is 6.01. The largest absolute Gasteiger partial charge is 0.344 e. The highest BCUT2D eigenvalue weighted by Gasteiger charge is 2.34. The molecule has 0 aliphatic carbocycles. The Hall–Kier alpha value is -4.65. The minimum Gasteiger partial charge on any atom is -0.344 e.